The van der Waals surface area contributed by atoms with Crippen LogP contribution in [0, 0.1) is 0 Å². The molecule has 3 rings (SSSR count). The number of rotatable bonds is 1. The molecule has 2 aromatic heterocycles. The maximum atomic E-state index is 10.8. The molecule has 7 heteroatoms. The van der Waals surface area contributed by atoms with Gasteiger partial charge in [-0.05, 0) is 25.7 Å². The highest BCUT2D eigenvalue weighted by atomic mass is 32.1. The van der Waals surface area contributed by atoms with Gasteiger partial charge in [0.05, 0.1) is 5.69 Å². The van der Waals surface area contributed by atoms with Crippen LogP contribution in [0.2, 0.25) is 0 Å². The second-order valence-electron chi connectivity index (χ2n) is 4.00. The van der Waals surface area contributed by atoms with Crippen LogP contribution in [0.5, 0.6) is 0 Å². The molecule has 0 amide bonds. The molecule has 0 saturated carbocycles. The minimum atomic E-state index is -1.16. The van der Waals surface area contributed by atoms with Crippen molar-refractivity contribution < 1.29 is 9.90 Å². The van der Waals surface area contributed by atoms with E-state index in [1.165, 1.54) is 4.52 Å². The van der Waals surface area contributed by atoms with Gasteiger partial charge in [0, 0.05) is 5.56 Å². The van der Waals surface area contributed by atoms with E-state index in [2.05, 4.69) is 15.1 Å². The molecular formula is C10H9N4O2S. The first kappa shape index (κ1) is 10.4. The van der Waals surface area contributed by atoms with Gasteiger partial charge in [-0.15, -0.1) is 5.10 Å². The molecule has 0 bridgehead atoms. The van der Waals surface area contributed by atoms with E-state index in [1.807, 2.05) is 0 Å². The van der Waals surface area contributed by atoms with Crippen LogP contribution in [0.3, 0.4) is 0 Å². The zero-order valence-corrected chi connectivity index (χ0v) is 9.70. The maximum Gasteiger partial charge on any atom is 0.375 e. The van der Waals surface area contributed by atoms with Gasteiger partial charge in [-0.25, -0.2) is 9.78 Å². The Morgan fingerprint density at radius 2 is 2.06 bits per heavy atom. The van der Waals surface area contributed by atoms with Crippen molar-refractivity contribution in [2.75, 3.05) is 0 Å². The van der Waals surface area contributed by atoms with E-state index in [0.29, 0.717) is 5.03 Å². The summed E-state index contributed by atoms with van der Waals surface area (Å²) in [4.78, 5) is 19.0. The molecular weight excluding hydrogens is 240 g/mol. The highest BCUT2D eigenvalue weighted by Crippen LogP contribution is 2.25. The fourth-order valence-corrected chi connectivity index (χ4v) is 2.44. The number of carbonyl (C=O) groups is 1. The third-order valence-electron chi connectivity index (χ3n) is 2.91. The molecule has 17 heavy (non-hydrogen) atoms. The molecule has 0 atom stereocenters. The highest BCUT2D eigenvalue weighted by Gasteiger charge is 2.20. The smallest absolute Gasteiger partial charge is 0.375 e. The molecule has 1 radical (unpaired) electrons. The van der Waals surface area contributed by atoms with Crippen molar-refractivity contribution in [2.24, 2.45) is 0 Å². The lowest BCUT2D eigenvalue weighted by Gasteiger charge is -2.15. The normalized spacial score (nSPS) is 14.8. The molecule has 1 aliphatic carbocycles. The average Bonchev–Trinajstić information content (AvgIpc) is 2.74. The lowest BCUT2D eigenvalue weighted by molar-refractivity contribution is 0.0683. The summed E-state index contributed by atoms with van der Waals surface area (Å²) in [5, 5.41) is 13.2. The largest absolute Gasteiger partial charge is 0.475 e. The number of aromatic nitrogens is 4. The molecule has 0 fully saturated rings. The Labute approximate surface area is 102 Å². The van der Waals surface area contributed by atoms with Crippen LogP contribution in [0.4, 0.5) is 0 Å². The fourth-order valence-electron chi connectivity index (χ4n) is 2.09. The van der Waals surface area contributed by atoms with Crippen LogP contribution in [-0.2, 0) is 12.8 Å². The maximum absolute atomic E-state index is 10.8. The number of fused-ring (bicyclic) bond motifs is 2. The Kier molecular flexibility index (Phi) is 2.22. The van der Waals surface area contributed by atoms with E-state index in [4.69, 9.17) is 17.7 Å². The van der Waals surface area contributed by atoms with Gasteiger partial charge >= 0.3 is 5.97 Å². The van der Waals surface area contributed by atoms with Crippen LogP contribution >= 0.6 is 12.6 Å². The predicted octanol–water partition coefficient (Wildman–Crippen LogP) is 1.26. The zero-order chi connectivity index (χ0) is 12.0. The molecule has 6 nitrogen and oxygen atoms in total. The van der Waals surface area contributed by atoms with E-state index in [-0.39, 0.29) is 11.6 Å². The molecule has 0 unspecified atom stereocenters. The topological polar surface area (TPSA) is 80.4 Å². The minimum Gasteiger partial charge on any atom is -0.475 e. The van der Waals surface area contributed by atoms with Gasteiger partial charge < -0.3 is 5.11 Å². The number of hydrogen-bond acceptors (Lipinski definition) is 4. The number of carboxylic acid groups (broad SMARTS) is 1. The molecule has 0 aliphatic heterocycles. The lowest BCUT2D eigenvalue weighted by atomic mass is 9.97. The van der Waals surface area contributed by atoms with Gasteiger partial charge in [0.15, 0.2) is 0 Å². The summed E-state index contributed by atoms with van der Waals surface area (Å²) in [5.74, 6) is -1.14. The van der Waals surface area contributed by atoms with Gasteiger partial charge in [0.2, 0.25) is 0 Å². The van der Waals surface area contributed by atoms with Crippen LogP contribution in [0.25, 0.3) is 5.78 Å². The van der Waals surface area contributed by atoms with Crippen molar-refractivity contribution in [3.05, 3.63) is 17.1 Å². The van der Waals surface area contributed by atoms with Gasteiger partial charge in [-0.2, -0.15) is 9.50 Å². The summed E-state index contributed by atoms with van der Waals surface area (Å²) < 4.78 is 1.35. The summed E-state index contributed by atoms with van der Waals surface area (Å²) in [7, 11) is 0. The van der Waals surface area contributed by atoms with Crippen molar-refractivity contribution in [1.29, 1.82) is 0 Å². The Morgan fingerprint density at radius 1 is 1.29 bits per heavy atom. The van der Waals surface area contributed by atoms with E-state index < -0.39 is 5.97 Å². The van der Waals surface area contributed by atoms with Crippen molar-refractivity contribution in [2.45, 2.75) is 30.7 Å². The lowest BCUT2D eigenvalue weighted by Crippen LogP contribution is -2.10. The standard InChI is InChI=1S/C10H9N4O2S/c15-9(16)7-12-10-11-6-4-2-1-3-5(6)8(17)14(10)13-7/h1-4H2,(H,15,16). The van der Waals surface area contributed by atoms with Gasteiger partial charge in [0.1, 0.15) is 5.03 Å². The van der Waals surface area contributed by atoms with E-state index >= 15 is 0 Å². The van der Waals surface area contributed by atoms with Gasteiger partial charge in [-0.3, -0.25) is 0 Å². The minimum absolute atomic E-state index is 0.258. The number of hydrogen-bond donors (Lipinski definition) is 1. The van der Waals surface area contributed by atoms with Crippen molar-refractivity contribution >= 4 is 24.4 Å². The summed E-state index contributed by atoms with van der Waals surface area (Å²) in [5.41, 5.74) is 1.96. The quantitative estimate of drug-likeness (QED) is 0.769. The highest BCUT2D eigenvalue weighted by molar-refractivity contribution is 7.80. The summed E-state index contributed by atoms with van der Waals surface area (Å²) >= 11 is 5.31. The molecule has 87 valence electrons. The molecule has 1 aliphatic rings. The number of aryl methyl sites for hydroxylation is 1. The average molecular weight is 249 g/mol. The first-order valence-electron chi connectivity index (χ1n) is 5.35. The van der Waals surface area contributed by atoms with Crippen LogP contribution in [0.1, 0.15) is 34.7 Å². The predicted molar refractivity (Wildman–Crippen MR) is 60.2 cm³/mol. The number of carboxylic acids is 1. The number of aromatic carboxylic acids is 1. The molecule has 2 heterocycles. The second kappa shape index (κ2) is 3.63. The van der Waals surface area contributed by atoms with Crippen LogP contribution < -0.4 is 0 Å². The van der Waals surface area contributed by atoms with Gasteiger partial charge in [-0.1, -0.05) is 12.6 Å². The van der Waals surface area contributed by atoms with Crippen molar-refractivity contribution in [3.63, 3.8) is 0 Å². The summed E-state index contributed by atoms with van der Waals surface area (Å²) in [6.07, 6.45) is 3.94. The first-order valence-corrected chi connectivity index (χ1v) is 5.76. The van der Waals surface area contributed by atoms with E-state index in [0.717, 1.165) is 36.9 Å². The molecule has 1 N–H and O–H groups in total. The number of nitrogens with zero attached hydrogens (tertiary/aromatic N) is 4. The third-order valence-corrected chi connectivity index (χ3v) is 3.32. The molecule has 0 saturated heterocycles. The Morgan fingerprint density at radius 3 is 2.82 bits per heavy atom. The Hall–Kier alpha value is -1.76. The molecule has 2 aromatic rings. The second-order valence-corrected chi connectivity index (χ2v) is 4.39. The van der Waals surface area contributed by atoms with E-state index in [9.17, 15) is 4.79 Å². The van der Waals surface area contributed by atoms with Crippen molar-refractivity contribution in [3.8, 4) is 0 Å². The molecule has 0 aromatic carbocycles. The Balaban J connectivity index is 2.28. The van der Waals surface area contributed by atoms with Gasteiger partial charge in [0.25, 0.3) is 11.6 Å². The SMILES string of the molecule is O=C(O)c1nc2nc3c(c([S])n2n1)CCCC3. The monoisotopic (exact) mass is 249 g/mol. The first-order chi connectivity index (χ1) is 8.16. The zero-order valence-electron chi connectivity index (χ0n) is 8.88. The van der Waals surface area contributed by atoms with Crippen LogP contribution in [-0.4, -0.2) is 30.7 Å². The Bertz CT molecular complexity index is 622. The molecule has 0 spiro atoms. The van der Waals surface area contributed by atoms with E-state index in [1.54, 1.807) is 0 Å². The summed E-state index contributed by atoms with van der Waals surface area (Å²) in [6, 6.07) is 0. The van der Waals surface area contributed by atoms with Crippen LogP contribution in [0.15, 0.2) is 5.03 Å². The van der Waals surface area contributed by atoms with Crippen molar-refractivity contribution in [1.82, 2.24) is 19.6 Å². The summed E-state index contributed by atoms with van der Waals surface area (Å²) in [6.45, 7) is 0. The fraction of sp³-hybridized carbons (Fsp3) is 0.400. The third kappa shape index (κ3) is 1.54.